The summed E-state index contributed by atoms with van der Waals surface area (Å²) in [4.78, 5) is 0. The maximum absolute atomic E-state index is 5.69. The first kappa shape index (κ1) is 13.8. The van der Waals surface area contributed by atoms with E-state index in [-0.39, 0.29) is 5.41 Å². The third kappa shape index (κ3) is 2.19. The minimum atomic E-state index is 0.235. The van der Waals surface area contributed by atoms with Gasteiger partial charge in [-0.05, 0) is 60.8 Å². The van der Waals surface area contributed by atoms with Gasteiger partial charge in [0.1, 0.15) is 5.75 Å². The van der Waals surface area contributed by atoms with Gasteiger partial charge in [0.15, 0.2) is 0 Å². The predicted molar refractivity (Wildman–Crippen MR) is 84.6 cm³/mol. The molecular weight excluding hydrogens is 246 g/mol. The molecule has 1 fully saturated rings. The summed E-state index contributed by atoms with van der Waals surface area (Å²) in [6, 6.07) is 7.19. The van der Waals surface area contributed by atoms with Gasteiger partial charge in [-0.15, -0.1) is 0 Å². The maximum Gasteiger partial charge on any atom is 0.119 e. The molecule has 0 spiro atoms. The van der Waals surface area contributed by atoms with Gasteiger partial charge in [-0.3, -0.25) is 0 Å². The van der Waals surface area contributed by atoms with E-state index in [2.05, 4.69) is 44.3 Å². The van der Waals surface area contributed by atoms with Crippen molar-refractivity contribution in [3.8, 4) is 5.75 Å². The van der Waals surface area contributed by atoms with E-state index in [0.717, 1.165) is 24.2 Å². The summed E-state index contributed by atoms with van der Waals surface area (Å²) in [7, 11) is 0. The second-order valence-electron chi connectivity index (χ2n) is 7.14. The van der Waals surface area contributed by atoms with E-state index in [4.69, 9.17) is 4.74 Å². The molecule has 0 bridgehead atoms. The molecule has 20 heavy (non-hydrogen) atoms. The molecule has 2 nitrogen and oxygen atoms in total. The lowest BCUT2D eigenvalue weighted by molar-refractivity contribution is 0.173. The molecule has 0 radical (unpaired) electrons. The minimum Gasteiger partial charge on any atom is -0.494 e. The Morgan fingerprint density at radius 2 is 2.10 bits per heavy atom. The third-order valence-corrected chi connectivity index (χ3v) is 5.38. The molecule has 1 aromatic rings. The molecule has 110 valence electrons. The highest BCUT2D eigenvalue weighted by Gasteiger charge is 2.44. The highest BCUT2D eigenvalue weighted by Crippen LogP contribution is 2.49. The normalized spacial score (nSPS) is 30.9. The fourth-order valence-corrected chi connectivity index (χ4v) is 4.24. The van der Waals surface area contributed by atoms with Crippen LogP contribution in [0.2, 0.25) is 0 Å². The van der Waals surface area contributed by atoms with E-state index in [9.17, 15) is 0 Å². The average molecular weight is 273 g/mol. The zero-order valence-corrected chi connectivity index (χ0v) is 13.2. The van der Waals surface area contributed by atoms with Crippen LogP contribution in [0.1, 0.15) is 52.5 Å². The molecule has 1 heterocycles. The van der Waals surface area contributed by atoms with Crippen molar-refractivity contribution >= 4 is 5.69 Å². The van der Waals surface area contributed by atoms with E-state index in [0.29, 0.717) is 6.04 Å². The molecule has 1 aromatic carbocycles. The fourth-order valence-electron chi connectivity index (χ4n) is 4.24. The van der Waals surface area contributed by atoms with Crippen molar-refractivity contribution in [2.45, 2.75) is 58.4 Å². The van der Waals surface area contributed by atoms with Crippen LogP contribution in [-0.4, -0.2) is 12.6 Å². The van der Waals surface area contributed by atoms with Crippen LogP contribution in [0.3, 0.4) is 0 Å². The van der Waals surface area contributed by atoms with Crippen molar-refractivity contribution in [1.29, 1.82) is 0 Å². The van der Waals surface area contributed by atoms with E-state index in [1.54, 1.807) is 0 Å². The van der Waals surface area contributed by atoms with E-state index in [1.807, 2.05) is 6.92 Å². The van der Waals surface area contributed by atoms with Crippen LogP contribution in [0.5, 0.6) is 5.75 Å². The smallest absolute Gasteiger partial charge is 0.119 e. The number of fused-ring (bicyclic) bond motifs is 2. The van der Waals surface area contributed by atoms with Crippen molar-refractivity contribution in [3.05, 3.63) is 23.8 Å². The lowest BCUT2D eigenvalue weighted by Crippen LogP contribution is -2.48. The number of hydrogen-bond acceptors (Lipinski definition) is 2. The first-order chi connectivity index (χ1) is 9.52. The Balaban J connectivity index is 1.98. The number of nitrogens with one attached hydrogen (secondary N) is 1. The molecule has 3 atom stereocenters. The quantitative estimate of drug-likeness (QED) is 0.850. The van der Waals surface area contributed by atoms with E-state index in [1.165, 1.54) is 30.5 Å². The number of rotatable bonds is 2. The number of hydrogen-bond donors (Lipinski definition) is 1. The van der Waals surface area contributed by atoms with Crippen molar-refractivity contribution in [2.75, 3.05) is 11.9 Å². The number of ether oxygens (including phenoxy) is 1. The molecule has 1 N–H and O–H groups in total. The molecule has 1 aliphatic heterocycles. The van der Waals surface area contributed by atoms with Gasteiger partial charge in [0, 0.05) is 11.7 Å². The van der Waals surface area contributed by atoms with Gasteiger partial charge in [-0.1, -0.05) is 27.2 Å². The lowest BCUT2D eigenvalue weighted by atomic mass is 9.61. The number of benzene rings is 1. The Morgan fingerprint density at radius 1 is 1.30 bits per heavy atom. The predicted octanol–water partition coefficient (Wildman–Crippen LogP) is 4.59. The Hall–Kier alpha value is -1.18. The van der Waals surface area contributed by atoms with Crippen molar-refractivity contribution < 1.29 is 4.74 Å². The molecule has 1 aliphatic carbocycles. The summed E-state index contributed by atoms with van der Waals surface area (Å²) in [5, 5.41) is 3.80. The molecule has 0 aromatic heterocycles. The number of anilines is 1. The standard InChI is InChI=1S/C18H27NO/c1-5-20-13-7-9-16-15(11-13)18(3,4)14-8-6-12(2)10-17(14)19-16/h7,9,11-12,14,17,19H,5-6,8,10H2,1-4H3/t12-,14-,17-/m0/s1. The monoisotopic (exact) mass is 273 g/mol. The van der Waals surface area contributed by atoms with Gasteiger partial charge in [-0.25, -0.2) is 0 Å². The SMILES string of the molecule is CCOc1ccc2c(c1)C(C)(C)[C@H]1CC[C@H](C)C[C@@H]1N2. The zero-order chi connectivity index (χ0) is 14.3. The lowest BCUT2D eigenvalue weighted by Gasteiger charge is -2.49. The summed E-state index contributed by atoms with van der Waals surface area (Å²) in [5.41, 5.74) is 2.98. The van der Waals surface area contributed by atoms with Crippen LogP contribution >= 0.6 is 0 Å². The van der Waals surface area contributed by atoms with Crippen LogP contribution in [0.15, 0.2) is 18.2 Å². The largest absolute Gasteiger partial charge is 0.494 e. The molecule has 0 saturated heterocycles. The minimum absolute atomic E-state index is 0.235. The van der Waals surface area contributed by atoms with Gasteiger partial charge >= 0.3 is 0 Å². The second kappa shape index (κ2) is 4.98. The van der Waals surface area contributed by atoms with E-state index < -0.39 is 0 Å². The summed E-state index contributed by atoms with van der Waals surface area (Å²) in [5.74, 6) is 2.59. The van der Waals surface area contributed by atoms with Gasteiger partial charge < -0.3 is 10.1 Å². The van der Waals surface area contributed by atoms with Gasteiger partial charge in [0.05, 0.1) is 6.61 Å². The molecular formula is C18H27NO. The summed E-state index contributed by atoms with van der Waals surface area (Å²) < 4.78 is 5.69. The topological polar surface area (TPSA) is 21.3 Å². The fraction of sp³-hybridized carbons (Fsp3) is 0.667. The van der Waals surface area contributed by atoms with E-state index >= 15 is 0 Å². The van der Waals surface area contributed by atoms with Gasteiger partial charge in [0.2, 0.25) is 0 Å². The molecule has 2 aliphatic rings. The van der Waals surface area contributed by atoms with Crippen LogP contribution in [0.4, 0.5) is 5.69 Å². The van der Waals surface area contributed by atoms with Crippen LogP contribution < -0.4 is 10.1 Å². The highest BCUT2D eigenvalue weighted by molar-refractivity contribution is 5.60. The molecule has 0 amide bonds. The maximum atomic E-state index is 5.69. The Bertz CT molecular complexity index is 494. The van der Waals surface area contributed by atoms with Crippen molar-refractivity contribution in [3.63, 3.8) is 0 Å². The van der Waals surface area contributed by atoms with Crippen molar-refractivity contribution in [2.24, 2.45) is 11.8 Å². The van der Waals surface area contributed by atoms with Crippen molar-refractivity contribution in [1.82, 2.24) is 0 Å². The van der Waals surface area contributed by atoms with Crippen LogP contribution in [0.25, 0.3) is 0 Å². The molecule has 1 saturated carbocycles. The van der Waals surface area contributed by atoms with Crippen LogP contribution in [-0.2, 0) is 5.41 Å². The first-order valence-electron chi connectivity index (χ1n) is 8.06. The molecule has 3 rings (SSSR count). The third-order valence-electron chi connectivity index (χ3n) is 5.38. The summed E-state index contributed by atoms with van der Waals surface area (Å²) in [6.45, 7) is 9.99. The molecule has 0 unspecified atom stereocenters. The summed E-state index contributed by atoms with van der Waals surface area (Å²) in [6.07, 6.45) is 4.01. The Labute approximate surface area is 122 Å². The average Bonchev–Trinajstić information content (AvgIpc) is 2.39. The molecule has 2 heteroatoms. The van der Waals surface area contributed by atoms with Gasteiger partial charge in [0.25, 0.3) is 0 Å². The Kier molecular flexibility index (Phi) is 3.43. The second-order valence-corrected chi connectivity index (χ2v) is 7.14. The first-order valence-corrected chi connectivity index (χ1v) is 8.06. The highest BCUT2D eigenvalue weighted by atomic mass is 16.5. The Morgan fingerprint density at radius 3 is 2.85 bits per heavy atom. The summed E-state index contributed by atoms with van der Waals surface area (Å²) >= 11 is 0. The zero-order valence-electron chi connectivity index (χ0n) is 13.2. The van der Waals surface area contributed by atoms with Gasteiger partial charge in [-0.2, -0.15) is 0 Å². The van der Waals surface area contributed by atoms with Crippen LogP contribution in [0, 0.1) is 11.8 Å².